The first-order valence-corrected chi connectivity index (χ1v) is 5.50. The van der Waals surface area contributed by atoms with E-state index in [4.69, 9.17) is 4.74 Å². The summed E-state index contributed by atoms with van der Waals surface area (Å²) in [5, 5.41) is 0. The molecule has 0 unspecified atom stereocenters. The Balaban J connectivity index is 3.14. The van der Waals surface area contributed by atoms with E-state index in [-0.39, 0.29) is 0 Å². The Hall–Kier alpha value is -0.0800. The predicted molar refractivity (Wildman–Crippen MR) is 58.1 cm³/mol. The van der Waals surface area contributed by atoms with Gasteiger partial charge in [-0.1, -0.05) is 27.7 Å². The smallest absolute Gasteiger partial charge is 0.0593 e. The van der Waals surface area contributed by atoms with Gasteiger partial charge >= 0.3 is 0 Å². The summed E-state index contributed by atoms with van der Waals surface area (Å²) in [6.07, 6.45) is 1.18. The van der Waals surface area contributed by atoms with E-state index in [0.29, 0.717) is 0 Å². The van der Waals surface area contributed by atoms with Crippen molar-refractivity contribution in [3.8, 4) is 0 Å². The zero-order chi connectivity index (χ0) is 10.1. The molecule has 0 saturated heterocycles. The highest BCUT2D eigenvalue weighted by Gasteiger charge is 1.98. The number of ether oxygens (including phenoxy) is 1. The molecule has 0 aromatic heterocycles. The van der Waals surface area contributed by atoms with E-state index in [0.717, 1.165) is 38.8 Å². The van der Waals surface area contributed by atoms with E-state index < -0.39 is 0 Å². The van der Waals surface area contributed by atoms with Gasteiger partial charge < -0.3 is 9.64 Å². The molecule has 2 nitrogen and oxygen atoms in total. The summed E-state index contributed by atoms with van der Waals surface area (Å²) >= 11 is 0. The molecule has 0 spiro atoms. The lowest BCUT2D eigenvalue weighted by Gasteiger charge is -2.17. The molecule has 13 heavy (non-hydrogen) atoms. The average Bonchev–Trinajstić information content (AvgIpc) is 2.11. The Morgan fingerprint density at radius 2 is 1.69 bits per heavy atom. The average molecular weight is 187 g/mol. The van der Waals surface area contributed by atoms with Gasteiger partial charge in [0.25, 0.3) is 0 Å². The second-order valence-corrected chi connectivity index (χ2v) is 3.82. The van der Waals surface area contributed by atoms with E-state index in [1.54, 1.807) is 0 Å². The molecule has 0 radical (unpaired) electrons. The number of nitrogens with zero attached hydrogens (tertiary/aromatic N) is 1. The van der Waals surface area contributed by atoms with Crippen molar-refractivity contribution in [2.75, 3.05) is 32.8 Å². The lowest BCUT2D eigenvalue weighted by Crippen LogP contribution is -2.27. The normalized spacial score (nSPS) is 11.5. The molecule has 2 heteroatoms. The molecule has 0 aliphatic rings. The van der Waals surface area contributed by atoms with Crippen molar-refractivity contribution in [1.29, 1.82) is 0 Å². The minimum absolute atomic E-state index is 0.758. The molecule has 0 heterocycles. The first-order valence-electron chi connectivity index (χ1n) is 5.50. The Kier molecular flexibility index (Phi) is 8.46. The monoisotopic (exact) mass is 187 g/mol. The van der Waals surface area contributed by atoms with Crippen LogP contribution in [0.4, 0.5) is 0 Å². The summed E-state index contributed by atoms with van der Waals surface area (Å²) in [6.45, 7) is 14.0. The van der Waals surface area contributed by atoms with Crippen LogP contribution in [0.2, 0.25) is 0 Å². The van der Waals surface area contributed by atoms with Gasteiger partial charge in [0.05, 0.1) is 6.61 Å². The third kappa shape index (κ3) is 8.26. The van der Waals surface area contributed by atoms with Gasteiger partial charge in [0.2, 0.25) is 0 Å². The number of hydrogen-bond donors (Lipinski definition) is 0. The van der Waals surface area contributed by atoms with Gasteiger partial charge in [0.1, 0.15) is 0 Å². The highest BCUT2D eigenvalue weighted by atomic mass is 16.5. The van der Waals surface area contributed by atoms with Crippen LogP contribution in [-0.4, -0.2) is 37.7 Å². The summed E-state index contributed by atoms with van der Waals surface area (Å²) in [6, 6.07) is 0. The van der Waals surface area contributed by atoms with E-state index in [2.05, 4.69) is 32.6 Å². The zero-order valence-corrected chi connectivity index (χ0v) is 9.68. The van der Waals surface area contributed by atoms with Crippen LogP contribution in [0.3, 0.4) is 0 Å². The van der Waals surface area contributed by atoms with Crippen LogP contribution in [-0.2, 0) is 4.74 Å². The summed E-state index contributed by atoms with van der Waals surface area (Å²) in [5.74, 6) is 0.758. The highest BCUT2D eigenvalue weighted by molar-refractivity contribution is 4.50. The second kappa shape index (κ2) is 8.52. The molecule has 0 aromatic carbocycles. The van der Waals surface area contributed by atoms with Gasteiger partial charge in [-0.2, -0.15) is 0 Å². The van der Waals surface area contributed by atoms with Gasteiger partial charge in [-0.05, 0) is 25.4 Å². The highest BCUT2D eigenvalue weighted by Crippen LogP contribution is 1.98. The molecular weight excluding hydrogens is 162 g/mol. The third-order valence-electron chi connectivity index (χ3n) is 2.29. The van der Waals surface area contributed by atoms with Crippen LogP contribution in [0.15, 0.2) is 0 Å². The van der Waals surface area contributed by atoms with E-state index >= 15 is 0 Å². The number of hydrogen-bond acceptors (Lipinski definition) is 2. The van der Waals surface area contributed by atoms with E-state index in [1.165, 1.54) is 6.42 Å². The Morgan fingerprint density at radius 3 is 2.15 bits per heavy atom. The zero-order valence-electron chi connectivity index (χ0n) is 9.68. The molecule has 0 N–H and O–H groups in total. The second-order valence-electron chi connectivity index (χ2n) is 3.82. The Bertz CT molecular complexity index is 100. The fourth-order valence-electron chi connectivity index (χ4n) is 1.15. The first-order chi connectivity index (χ1) is 6.20. The SMILES string of the molecule is CCN(CC)CCOCCC(C)C. The maximum Gasteiger partial charge on any atom is 0.0593 e. The minimum atomic E-state index is 0.758. The lowest BCUT2D eigenvalue weighted by molar-refractivity contribution is 0.0991. The molecule has 0 aliphatic heterocycles. The predicted octanol–water partition coefficient (Wildman–Crippen LogP) is 2.39. The molecule has 0 aliphatic carbocycles. The lowest BCUT2D eigenvalue weighted by atomic mass is 10.1. The van der Waals surface area contributed by atoms with Crippen LogP contribution >= 0.6 is 0 Å². The maximum atomic E-state index is 5.54. The summed E-state index contributed by atoms with van der Waals surface area (Å²) in [5.41, 5.74) is 0. The van der Waals surface area contributed by atoms with Crippen molar-refractivity contribution in [1.82, 2.24) is 4.90 Å². The largest absolute Gasteiger partial charge is 0.380 e. The van der Waals surface area contributed by atoms with Crippen molar-refractivity contribution < 1.29 is 4.74 Å². The van der Waals surface area contributed by atoms with Crippen LogP contribution in [0, 0.1) is 5.92 Å². The quantitative estimate of drug-likeness (QED) is 0.541. The maximum absolute atomic E-state index is 5.54. The fourth-order valence-corrected chi connectivity index (χ4v) is 1.15. The topological polar surface area (TPSA) is 12.5 Å². The molecule has 80 valence electrons. The van der Waals surface area contributed by atoms with Crippen molar-refractivity contribution in [2.45, 2.75) is 34.1 Å². The van der Waals surface area contributed by atoms with E-state index in [1.807, 2.05) is 0 Å². The number of rotatable bonds is 8. The molecule has 0 saturated carbocycles. The molecule has 0 rings (SSSR count). The first kappa shape index (κ1) is 12.9. The van der Waals surface area contributed by atoms with Crippen molar-refractivity contribution in [3.05, 3.63) is 0 Å². The minimum Gasteiger partial charge on any atom is -0.380 e. The van der Waals surface area contributed by atoms with Crippen LogP contribution in [0.25, 0.3) is 0 Å². The standard InChI is InChI=1S/C11H25NO/c1-5-12(6-2)8-10-13-9-7-11(3)4/h11H,5-10H2,1-4H3. The summed E-state index contributed by atoms with van der Waals surface area (Å²) < 4.78 is 5.54. The van der Waals surface area contributed by atoms with Crippen LogP contribution in [0.1, 0.15) is 34.1 Å². The van der Waals surface area contributed by atoms with Crippen molar-refractivity contribution in [3.63, 3.8) is 0 Å². The third-order valence-corrected chi connectivity index (χ3v) is 2.29. The molecule has 0 atom stereocenters. The molecular formula is C11H25NO. The van der Waals surface area contributed by atoms with Gasteiger partial charge in [0, 0.05) is 13.2 Å². The van der Waals surface area contributed by atoms with E-state index in [9.17, 15) is 0 Å². The van der Waals surface area contributed by atoms with Gasteiger partial charge in [-0.3, -0.25) is 0 Å². The van der Waals surface area contributed by atoms with Crippen molar-refractivity contribution >= 4 is 0 Å². The van der Waals surface area contributed by atoms with Gasteiger partial charge in [0.15, 0.2) is 0 Å². The van der Waals surface area contributed by atoms with Crippen molar-refractivity contribution in [2.24, 2.45) is 5.92 Å². The molecule has 0 aromatic rings. The van der Waals surface area contributed by atoms with Gasteiger partial charge in [-0.25, -0.2) is 0 Å². The Morgan fingerprint density at radius 1 is 1.08 bits per heavy atom. The molecule has 0 amide bonds. The van der Waals surface area contributed by atoms with Crippen LogP contribution < -0.4 is 0 Å². The molecule has 0 fully saturated rings. The van der Waals surface area contributed by atoms with Crippen LogP contribution in [0.5, 0.6) is 0 Å². The van der Waals surface area contributed by atoms with Gasteiger partial charge in [-0.15, -0.1) is 0 Å². The number of likely N-dealkylation sites (N-methyl/N-ethyl adjacent to an activating group) is 1. The summed E-state index contributed by atoms with van der Waals surface area (Å²) in [7, 11) is 0. The fraction of sp³-hybridized carbons (Fsp3) is 1.00. The summed E-state index contributed by atoms with van der Waals surface area (Å²) in [4.78, 5) is 2.38. The Labute approximate surface area is 83.3 Å². The molecule has 0 bridgehead atoms.